The quantitative estimate of drug-likeness (QED) is 0.819. The lowest BCUT2D eigenvalue weighted by molar-refractivity contribution is -0.130. The molecule has 0 saturated carbocycles. The fourth-order valence-electron chi connectivity index (χ4n) is 3.00. The molecule has 3 N–H and O–H groups in total. The first kappa shape index (κ1) is 22.4. The maximum atomic E-state index is 12.6. The number of nitrogens with one attached hydrogen (secondary N) is 1. The van der Waals surface area contributed by atoms with Gasteiger partial charge in [0.15, 0.2) is 5.82 Å². The number of carbonyl (C=O) groups is 1. The van der Waals surface area contributed by atoms with E-state index in [-0.39, 0.29) is 30.7 Å². The third-order valence-corrected chi connectivity index (χ3v) is 4.55. The van der Waals surface area contributed by atoms with E-state index in [4.69, 9.17) is 10.5 Å². The molecule has 144 valence electrons. The number of anilines is 1. The van der Waals surface area contributed by atoms with E-state index in [1.54, 1.807) is 10.9 Å². The average molecular weight is 402 g/mol. The van der Waals surface area contributed by atoms with Gasteiger partial charge in [0, 0.05) is 25.5 Å². The van der Waals surface area contributed by atoms with Gasteiger partial charge in [0.25, 0.3) is 0 Å². The van der Waals surface area contributed by atoms with Crippen molar-refractivity contribution < 1.29 is 9.53 Å². The van der Waals surface area contributed by atoms with Crippen molar-refractivity contribution in [3.05, 3.63) is 35.8 Å². The fraction of sp³-hybridized carbons (Fsp3) is 0.471. The van der Waals surface area contributed by atoms with E-state index < -0.39 is 5.41 Å². The van der Waals surface area contributed by atoms with Gasteiger partial charge in [-0.1, -0.05) is 0 Å². The Balaban J connectivity index is 0.00000169. The van der Waals surface area contributed by atoms with E-state index in [9.17, 15) is 4.79 Å². The largest absolute Gasteiger partial charge is 0.381 e. The Kier molecular flexibility index (Phi) is 8.02. The minimum absolute atomic E-state index is 0. The van der Waals surface area contributed by atoms with Crippen LogP contribution in [0.3, 0.4) is 0 Å². The van der Waals surface area contributed by atoms with Crippen LogP contribution in [0.2, 0.25) is 0 Å². The molecule has 0 spiro atoms. The molecule has 0 atom stereocenters. The third-order valence-electron chi connectivity index (χ3n) is 4.55. The lowest BCUT2D eigenvalue weighted by Gasteiger charge is -2.34. The fourth-order valence-corrected chi connectivity index (χ4v) is 3.00. The van der Waals surface area contributed by atoms with E-state index in [2.05, 4.69) is 15.4 Å². The molecule has 2 aromatic heterocycles. The van der Waals surface area contributed by atoms with Gasteiger partial charge in [0.05, 0.1) is 23.0 Å². The van der Waals surface area contributed by atoms with Crippen LogP contribution >= 0.6 is 24.8 Å². The molecular weight excluding hydrogens is 377 g/mol. The van der Waals surface area contributed by atoms with E-state index in [1.807, 2.05) is 32.0 Å². The van der Waals surface area contributed by atoms with Crippen LogP contribution in [0.1, 0.15) is 24.2 Å². The predicted octanol–water partition coefficient (Wildman–Crippen LogP) is 2.42. The molecule has 0 radical (unpaired) electrons. The highest BCUT2D eigenvalue weighted by molar-refractivity contribution is 5.95. The lowest BCUT2D eigenvalue weighted by Crippen LogP contribution is -2.46. The normalized spacial score (nSPS) is 15.5. The molecule has 1 saturated heterocycles. The Morgan fingerprint density at radius 1 is 1.31 bits per heavy atom. The number of pyridine rings is 1. The summed E-state index contributed by atoms with van der Waals surface area (Å²) >= 11 is 0. The Hall–Kier alpha value is -1.67. The highest BCUT2D eigenvalue weighted by atomic mass is 35.5. The SMILES string of the molecule is Cc1cc(C)n(-c2ccc(NC(=O)C3(CN)CCOCC3)cn2)n1.Cl.Cl. The molecule has 0 aliphatic carbocycles. The molecular formula is C17H25Cl2N5O2. The van der Waals surface area contributed by atoms with Gasteiger partial charge in [0.2, 0.25) is 5.91 Å². The second kappa shape index (κ2) is 9.32. The van der Waals surface area contributed by atoms with Crippen molar-refractivity contribution in [1.82, 2.24) is 14.8 Å². The number of hydrogen-bond acceptors (Lipinski definition) is 5. The number of nitrogens with zero attached hydrogens (tertiary/aromatic N) is 3. The number of carbonyl (C=O) groups excluding carboxylic acids is 1. The van der Waals surface area contributed by atoms with E-state index in [0.717, 1.165) is 17.2 Å². The van der Waals surface area contributed by atoms with Gasteiger partial charge in [-0.25, -0.2) is 9.67 Å². The van der Waals surface area contributed by atoms with Gasteiger partial charge in [0.1, 0.15) is 0 Å². The smallest absolute Gasteiger partial charge is 0.232 e. The zero-order valence-electron chi connectivity index (χ0n) is 14.9. The maximum Gasteiger partial charge on any atom is 0.232 e. The Bertz CT molecular complexity index is 727. The summed E-state index contributed by atoms with van der Waals surface area (Å²) in [6.07, 6.45) is 2.94. The Labute approximate surface area is 165 Å². The standard InChI is InChI=1S/C17H23N5O2.2ClH/c1-12-9-13(2)22(21-12)15-4-3-14(10-19-15)20-16(23)17(11-18)5-7-24-8-6-17;;/h3-4,9-10H,5-8,11,18H2,1-2H3,(H,20,23);2*1H. The topological polar surface area (TPSA) is 95.1 Å². The molecule has 1 aliphatic heterocycles. The van der Waals surface area contributed by atoms with E-state index >= 15 is 0 Å². The third kappa shape index (κ3) is 4.54. The van der Waals surface area contributed by atoms with Gasteiger partial charge in [-0.05, 0) is 44.9 Å². The monoisotopic (exact) mass is 401 g/mol. The molecule has 0 aromatic carbocycles. The first-order valence-electron chi connectivity index (χ1n) is 8.13. The van der Waals surface area contributed by atoms with Gasteiger partial charge in [-0.3, -0.25) is 4.79 Å². The van der Waals surface area contributed by atoms with Crippen LogP contribution < -0.4 is 11.1 Å². The van der Waals surface area contributed by atoms with Crippen molar-refractivity contribution in [1.29, 1.82) is 0 Å². The Morgan fingerprint density at radius 2 is 2.00 bits per heavy atom. The summed E-state index contributed by atoms with van der Waals surface area (Å²) in [5, 5.41) is 7.34. The summed E-state index contributed by atoms with van der Waals surface area (Å²) < 4.78 is 7.13. The summed E-state index contributed by atoms with van der Waals surface area (Å²) in [7, 11) is 0. The van der Waals surface area contributed by atoms with E-state index in [1.165, 1.54) is 0 Å². The highest BCUT2D eigenvalue weighted by Crippen LogP contribution is 2.30. The molecule has 3 rings (SSSR count). The molecule has 9 heteroatoms. The van der Waals surface area contributed by atoms with E-state index in [0.29, 0.717) is 38.3 Å². The number of amides is 1. The number of nitrogens with two attached hydrogens (primary N) is 1. The number of halogens is 2. The van der Waals surface area contributed by atoms with Crippen molar-refractivity contribution in [2.45, 2.75) is 26.7 Å². The highest BCUT2D eigenvalue weighted by Gasteiger charge is 2.38. The molecule has 1 aliphatic rings. The van der Waals surface area contributed by atoms with Crippen molar-refractivity contribution in [2.24, 2.45) is 11.1 Å². The summed E-state index contributed by atoms with van der Waals surface area (Å²) in [6.45, 7) is 5.38. The van der Waals surface area contributed by atoms with Crippen LogP contribution in [-0.2, 0) is 9.53 Å². The van der Waals surface area contributed by atoms with Crippen LogP contribution in [0, 0.1) is 19.3 Å². The van der Waals surface area contributed by atoms with Gasteiger partial charge < -0.3 is 15.8 Å². The Morgan fingerprint density at radius 3 is 2.50 bits per heavy atom. The first-order valence-corrected chi connectivity index (χ1v) is 8.13. The number of rotatable bonds is 4. The zero-order chi connectivity index (χ0) is 17.2. The zero-order valence-corrected chi connectivity index (χ0v) is 16.5. The van der Waals surface area contributed by atoms with Crippen molar-refractivity contribution in [3.8, 4) is 5.82 Å². The molecule has 7 nitrogen and oxygen atoms in total. The predicted molar refractivity (Wildman–Crippen MR) is 105 cm³/mol. The molecule has 26 heavy (non-hydrogen) atoms. The molecule has 0 unspecified atom stereocenters. The number of ether oxygens (including phenoxy) is 1. The van der Waals surface area contributed by atoms with Gasteiger partial charge in [-0.2, -0.15) is 5.10 Å². The van der Waals surface area contributed by atoms with Crippen LogP contribution in [-0.4, -0.2) is 40.4 Å². The number of aryl methyl sites for hydroxylation is 2. The van der Waals surface area contributed by atoms with Crippen LogP contribution in [0.5, 0.6) is 0 Å². The summed E-state index contributed by atoms with van der Waals surface area (Å²) in [6, 6.07) is 5.67. The van der Waals surface area contributed by atoms with Crippen molar-refractivity contribution >= 4 is 36.4 Å². The molecule has 3 heterocycles. The minimum atomic E-state index is -0.549. The molecule has 2 aromatic rings. The van der Waals surface area contributed by atoms with Crippen LogP contribution in [0.4, 0.5) is 5.69 Å². The second-order valence-electron chi connectivity index (χ2n) is 6.29. The lowest BCUT2D eigenvalue weighted by atomic mass is 9.79. The molecule has 1 amide bonds. The first-order chi connectivity index (χ1) is 11.5. The summed E-state index contributed by atoms with van der Waals surface area (Å²) in [4.78, 5) is 17.0. The van der Waals surface area contributed by atoms with Crippen LogP contribution in [0.15, 0.2) is 24.4 Å². The number of aromatic nitrogens is 3. The van der Waals surface area contributed by atoms with Gasteiger partial charge in [-0.15, -0.1) is 24.8 Å². The summed E-state index contributed by atoms with van der Waals surface area (Å²) in [5.74, 6) is 0.659. The summed E-state index contributed by atoms with van der Waals surface area (Å²) in [5.41, 5.74) is 7.93. The van der Waals surface area contributed by atoms with Gasteiger partial charge >= 0.3 is 0 Å². The minimum Gasteiger partial charge on any atom is -0.381 e. The maximum absolute atomic E-state index is 12.6. The molecule has 0 bridgehead atoms. The van der Waals surface area contributed by atoms with Crippen LogP contribution in [0.25, 0.3) is 5.82 Å². The average Bonchev–Trinajstić information content (AvgIpc) is 2.94. The molecule has 1 fully saturated rings. The second-order valence-corrected chi connectivity index (χ2v) is 6.29. The van der Waals surface area contributed by atoms with Crippen molar-refractivity contribution in [3.63, 3.8) is 0 Å². The van der Waals surface area contributed by atoms with Crippen molar-refractivity contribution in [2.75, 3.05) is 25.1 Å². The number of hydrogen-bond donors (Lipinski definition) is 2.